The van der Waals surface area contributed by atoms with E-state index < -0.39 is 32.1 Å². The average molecular weight is 295 g/mol. The first kappa shape index (κ1) is 14.9. The molecule has 1 aromatic rings. The lowest BCUT2D eigenvalue weighted by molar-refractivity contribution is 0.0691. The zero-order valence-corrected chi connectivity index (χ0v) is 11.2. The Morgan fingerprint density at radius 2 is 2.06 bits per heavy atom. The topological polar surface area (TPSA) is 71.4 Å². The number of carboxylic acids is 1. The Morgan fingerprint density at radius 1 is 1.44 bits per heavy atom. The molecule has 0 saturated heterocycles. The normalized spacial score (nSPS) is 11.5. The van der Waals surface area contributed by atoms with E-state index in [1.54, 1.807) is 6.92 Å². The van der Waals surface area contributed by atoms with Gasteiger partial charge in [-0.2, -0.15) is 0 Å². The fourth-order valence-electron chi connectivity index (χ4n) is 1.39. The van der Waals surface area contributed by atoms with Crippen molar-refractivity contribution in [1.29, 1.82) is 0 Å². The van der Waals surface area contributed by atoms with Gasteiger partial charge in [0.25, 0.3) is 0 Å². The summed E-state index contributed by atoms with van der Waals surface area (Å²) in [5, 5.41) is 8.64. The molecule has 0 amide bonds. The van der Waals surface area contributed by atoms with Crippen molar-refractivity contribution in [1.82, 2.24) is 0 Å². The predicted octanol–water partition coefficient (Wildman–Crippen LogP) is 2.75. The summed E-state index contributed by atoms with van der Waals surface area (Å²) in [5.41, 5.74) is -0.738. The number of benzene rings is 1. The molecule has 0 radical (unpaired) electrons. The summed E-state index contributed by atoms with van der Waals surface area (Å²) in [6, 6.07) is 1.83. The van der Waals surface area contributed by atoms with E-state index in [0.717, 1.165) is 12.1 Å². The zero-order valence-electron chi connectivity index (χ0n) is 9.61. The second-order valence-corrected chi connectivity index (χ2v) is 6.26. The van der Waals surface area contributed by atoms with Crippen LogP contribution in [0, 0.1) is 5.82 Å². The minimum absolute atomic E-state index is 0.121. The molecular weight excluding hydrogens is 283 g/mol. The van der Waals surface area contributed by atoms with Crippen LogP contribution in [0.25, 0.3) is 0 Å². The number of carboxylic acid groups (broad SMARTS) is 1. The molecule has 0 aliphatic carbocycles. The molecule has 18 heavy (non-hydrogen) atoms. The first-order valence-corrected chi connectivity index (χ1v) is 7.27. The lowest BCUT2D eigenvalue weighted by Crippen LogP contribution is -2.12. The molecule has 0 fully saturated rings. The molecule has 0 aromatic heterocycles. The molecule has 1 rings (SSSR count). The maximum atomic E-state index is 13.8. The van der Waals surface area contributed by atoms with Crippen molar-refractivity contribution >= 4 is 27.4 Å². The van der Waals surface area contributed by atoms with Crippen molar-refractivity contribution in [3.63, 3.8) is 0 Å². The van der Waals surface area contributed by atoms with E-state index in [1.165, 1.54) is 0 Å². The van der Waals surface area contributed by atoms with Gasteiger partial charge < -0.3 is 5.11 Å². The number of hydrogen-bond donors (Lipinski definition) is 1. The summed E-state index contributed by atoms with van der Waals surface area (Å²) in [6.45, 7) is 1.80. The average Bonchev–Trinajstić information content (AvgIpc) is 2.28. The lowest BCUT2D eigenvalue weighted by Gasteiger charge is -2.08. The molecule has 0 aliphatic rings. The van der Waals surface area contributed by atoms with Crippen molar-refractivity contribution in [2.45, 2.75) is 24.7 Å². The van der Waals surface area contributed by atoms with Crippen LogP contribution in [0.5, 0.6) is 0 Å². The number of carbonyl (C=O) groups is 1. The van der Waals surface area contributed by atoms with E-state index in [9.17, 15) is 17.6 Å². The number of sulfone groups is 1. The van der Waals surface area contributed by atoms with Crippen LogP contribution in [0.15, 0.2) is 17.0 Å². The third-order valence-electron chi connectivity index (χ3n) is 2.34. The number of halogens is 2. The molecule has 0 heterocycles. The second-order valence-electron chi connectivity index (χ2n) is 3.74. The van der Waals surface area contributed by atoms with Crippen LogP contribution in [0.2, 0.25) is 5.02 Å². The van der Waals surface area contributed by atoms with Crippen molar-refractivity contribution in [3.05, 3.63) is 28.5 Å². The Morgan fingerprint density at radius 3 is 2.56 bits per heavy atom. The van der Waals surface area contributed by atoms with E-state index in [2.05, 4.69) is 0 Å². The van der Waals surface area contributed by atoms with Gasteiger partial charge in [-0.05, 0) is 18.6 Å². The van der Waals surface area contributed by atoms with Gasteiger partial charge in [0, 0.05) is 5.02 Å². The van der Waals surface area contributed by atoms with Crippen LogP contribution in [0.4, 0.5) is 4.39 Å². The summed E-state index contributed by atoms with van der Waals surface area (Å²) in [6.07, 6.45) is 1.00. The highest BCUT2D eigenvalue weighted by atomic mass is 35.5. The van der Waals surface area contributed by atoms with Crippen LogP contribution in [0.1, 0.15) is 30.1 Å². The van der Waals surface area contributed by atoms with Crippen molar-refractivity contribution in [2.24, 2.45) is 0 Å². The molecule has 0 aliphatic heterocycles. The minimum atomic E-state index is -3.85. The van der Waals surface area contributed by atoms with Crippen molar-refractivity contribution in [3.8, 4) is 0 Å². The summed E-state index contributed by atoms with van der Waals surface area (Å²) in [5.74, 6) is -3.05. The third-order valence-corrected chi connectivity index (χ3v) is 4.35. The van der Waals surface area contributed by atoms with E-state index in [4.69, 9.17) is 16.7 Å². The van der Waals surface area contributed by atoms with Crippen molar-refractivity contribution < 1.29 is 22.7 Å². The van der Waals surface area contributed by atoms with Crippen LogP contribution in [0.3, 0.4) is 0 Å². The fraction of sp³-hybridized carbons (Fsp3) is 0.364. The van der Waals surface area contributed by atoms with Gasteiger partial charge >= 0.3 is 5.97 Å². The zero-order chi connectivity index (χ0) is 13.9. The minimum Gasteiger partial charge on any atom is -0.478 e. The highest BCUT2D eigenvalue weighted by molar-refractivity contribution is 7.91. The molecule has 1 N–H and O–H groups in total. The number of hydrogen-bond acceptors (Lipinski definition) is 3. The first-order chi connectivity index (χ1) is 8.29. The largest absolute Gasteiger partial charge is 0.478 e. The molecular formula is C11H12ClFO4S. The number of unbranched alkanes of at least 4 members (excludes halogenated alkanes) is 1. The summed E-state index contributed by atoms with van der Waals surface area (Å²) in [7, 11) is -3.85. The van der Waals surface area contributed by atoms with Crippen LogP contribution in [-0.2, 0) is 9.84 Å². The molecule has 0 spiro atoms. The monoisotopic (exact) mass is 294 g/mol. The summed E-state index contributed by atoms with van der Waals surface area (Å²) in [4.78, 5) is 10.1. The van der Waals surface area contributed by atoms with Gasteiger partial charge in [-0.1, -0.05) is 24.9 Å². The highest BCUT2D eigenvalue weighted by Gasteiger charge is 2.24. The Hall–Kier alpha value is -1.14. The van der Waals surface area contributed by atoms with Gasteiger partial charge in [-0.15, -0.1) is 0 Å². The summed E-state index contributed by atoms with van der Waals surface area (Å²) < 4.78 is 37.5. The maximum Gasteiger partial charge on any atom is 0.338 e. The van der Waals surface area contributed by atoms with Gasteiger partial charge in [0.2, 0.25) is 0 Å². The van der Waals surface area contributed by atoms with Gasteiger partial charge in [-0.3, -0.25) is 0 Å². The van der Waals surface area contributed by atoms with E-state index >= 15 is 0 Å². The predicted molar refractivity (Wildman–Crippen MR) is 65.3 cm³/mol. The Kier molecular flexibility index (Phi) is 4.70. The number of aromatic carboxylic acids is 1. The molecule has 7 heteroatoms. The van der Waals surface area contributed by atoms with E-state index in [1.807, 2.05) is 0 Å². The molecule has 0 atom stereocenters. The Labute approximate surface area is 109 Å². The van der Waals surface area contributed by atoms with E-state index in [-0.39, 0.29) is 10.8 Å². The van der Waals surface area contributed by atoms with Crippen LogP contribution in [-0.4, -0.2) is 25.2 Å². The Balaban J connectivity index is 3.37. The van der Waals surface area contributed by atoms with Gasteiger partial charge in [-0.25, -0.2) is 17.6 Å². The van der Waals surface area contributed by atoms with E-state index in [0.29, 0.717) is 12.8 Å². The van der Waals surface area contributed by atoms with Gasteiger partial charge in [0.05, 0.1) is 11.3 Å². The molecule has 0 bridgehead atoms. The second kappa shape index (κ2) is 5.67. The molecule has 100 valence electrons. The molecule has 1 aromatic carbocycles. The van der Waals surface area contributed by atoms with Gasteiger partial charge in [0.15, 0.2) is 15.7 Å². The van der Waals surface area contributed by atoms with Crippen molar-refractivity contribution in [2.75, 3.05) is 5.75 Å². The summed E-state index contributed by atoms with van der Waals surface area (Å²) >= 11 is 5.61. The Bertz CT molecular complexity index is 569. The molecule has 0 saturated carbocycles. The quantitative estimate of drug-likeness (QED) is 0.906. The third kappa shape index (κ3) is 3.20. The highest BCUT2D eigenvalue weighted by Crippen LogP contribution is 2.25. The lowest BCUT2D eigenvalue weighted by atomic mass is 10.2. The number of rotatable bonds is 5. The maximum absolute atomic E-state index is 13.8. The molecule has 0 unspecified atom stereocenters. The standard InChI is InChI=1S/C11H12ClFO4S/c1-2-3-4-18(16,17)9-6-7(12)5-8(10(9)13)11(14)15/h5-6H,2-4H2,1H3,(H,14,15). The van der Waals surface area contributed by atoms with Crippen LogP contribution >= 0.6 is 11.6 Å². The SMILES string of the molecule is CCCCS(=O)(=O)c1cc(Cl)cc(C(=O)O)c1F. The fourth-order valence-corrected chi connectivity index (χ4v) is 3.25. The van der Waals surface area contributed by atoms with Crippen LogP contribution < -0.4 is 0 Å². The van der Waals surface area contributed by atoms with Gasteiger partial charge in [0.1, 0.15) is 4.90 Å². The first-order valence-electron chi connectivity index (χ1n) is 5.24. The molecule has 4 nitrogen and oxygen atoms in total. The smallest absolute Gasteiger partial charge is 0.338 e.